The second-order valence-corrected chi connectivity index (χ2v) is 5.96. The van der Waals surface area contributed by atoms with Gasteiger partial charge in [0.15, 0.2) is 0 Å². The van der Waals surface area contributed by atoms with Gasteiger partial charge >= 0.3 is 0 Å². The highest BCUT2D eigenvalue weighted by Gasteiger charge is 2.29. The highest BCUT2D eigenvalue weighted by molar-refractivity contribution is 5.93. The third kappa shape index (κ3) is 2.67. The summed E-state index contributed by atoms with van der Waals surface area (Å²) >= 11 is 0. The average molecular weight is 292 g/mol. The van der Waals surface area contributed by atoms with Gasteiger partial charge in [0.05, 0.1) is 11.4 Å². The first-order valence-corrected chi connectivity index (χ1v) is 7.56. The molecule has 0 N–H and O–H groups in total. The van der Waals surface area contributed by atoms with Gasteiger partial charge in [0.25, 0.3) is 5.91 Å². The number of hydrogen-bond donors (Lipinski definition) is 0. The summed E-state index contributed by atoms with van der Waals surface area (Å²) < 4.78 is 1.56. The molecule has 22 heavy (non-hydrogen) atoms. The molecule has 0 radical (unpaired) electrons. The number of allylic oxidation sites excluding steroid dienone is 2. The van der Waals surface area contributed by atoms with E-state index >= 15 is 0 Å². The van der Waals surface area contributed by atoms with Gasteiger partial charge < -0.3 is 0 Å². The Kier molecular flexibility index (Phi) is 3.80. The van der Waals surface area contributed by atoms with Gasteiger partial charge in [-0.3, -0.25) is 4.79 Å². The van der Waals surface area contributed by atoms with Crippen molar-refractivity contribution in [1.29, 1.82) is 0 Å². The molecule has 0 saturated heterocycles. The molecule has 0 aliphatic heterocycles. The quantitative estimate of drug-likeness (QED) is 0.636. The van der Waals surface area contributed by atoms with E-state index in [0.717, 1.165) is 29.8 Å². The van der Waals surface area contributed by atoms with E-state index in [0.29, 0.717) is 5.92 Å². The Balaban J connectivity index is 1.85. The number of carbonyl (C=O) groups is 1. The Morgan fingerprint density at radius 3 is 2.73 bits per heavy atom. The minimum Gasteiger partial charge on any atom is -0.267 e. The lowest BCUT2D eigenvalue weighted by Gasteiger charge is -2.08. The lowest BCUT2D eigenvalue weighted by molar-refractivity contribution is 0.0951. The van der Waals surface area contributed by atoms with E-state index in [-0.39, 0.29) is 5.91 Å². The summed E-state index contributed by atoms with van der Waals surface area (Å²) in [4.78, 5) is 12.5. The molecule has 0 fully saturated rings. The SMILES string of the molecule is C=C(C)[C@H]1Cc2c(C)nn(C(=O)/C=C/c3ccccc3)c2C1. The third-order valence-electron chi connectivity index (χ3n) is 4.30. The topological polar surface area (TPSA) is 34.9 Å². The number of aryl methyl sites for hydroxylation is 1. The molecule has 1 aliphatic carbocycles. The molecule has 112 valence electrons. The minimum absolute atomic E-state index is 0.0874. The largest absolute Gasteiger partial charge is 0.271 e. The maximum absolute atomic E-state index is 12.5. The highest BCUT2D eigenvalue weighted by Crippen LogP contribution is 2.32. The predicted molar refractivity (Wildman–Crippen MR) is 88.8 cm³/mol. The summed E-state index contributed by atoms with van der Waals surface area (Å²) in [5.41, 5.74) is 5.41. The third-order valence-corrected chi connectivity index (χ3v) is 4.30. The van der Waals surface area contributed by atoms with Crippen LogP contribution in [0.3, 0.4) is 0 Å². The lowest BCUT2D eigenvalue weighted by Crippen LogP contribution is -2.14. The molecule has 0 spiro atoms. The van der Waals surface area contributed by atoms with Crippen molar-refractivity contribution in [2.45, 2.75) is 26.7 Å². The van der Waals surface area contributed by atoms with E-state index < -0.39 is 0 Å². The number of benzene rings is 1. The van der Waals surface area contributed by atoms with Gasteiger partial charge in [-0.25, -0.2) is 4.68 Å². The molecular formula is C19H20N2O. The molecule has 3 heteroatoms. The Morgan fingerprint density at radius 2 is 2.05 bits per heavy atom. The average Bonchev–Trinajstić information content (AvgIpc) is 3.07. The molecule has 1 aromatic carbocycles. The van der Waals surface area contributed by atoms with Crippen molar-refractivity contribution < 1.29 is 4.79 Å². The number of hydrogen-bond acceptors (Lipinski definition) is 2. The summed E-state index contributed by atoms with van der Waals surface area (Å²) in [5.74, 6) is 0.347. The predicted octanol–water partition coefficient (Wildman–Crippen LogP) is 3.84. The van der Waals surface area contributed by atoms with Crippen molar-refractivity contribution in [3.8, 4) is 0 Å². The van der Waals surface area contributed by atoms with Crippen LogP contribution in [0.2, 0.25) is 0 Å². The Labute approximate surface area is 131 Å². The zero-order valence-electron chi connectivity index (χ0n) is 13.0. The molecule has 3 nitrogen and oxygen atoms in total. The van der Waals surface area contributed by atoms with Gasteiger partial charge in [-0.05, 0) is 49.8 Å². The Morgan fingerprint density at radius 1 is 1.32 bits per heavy atom. The molecular weight excluding hydrogens is 272 g/mol. The second-order valence-electron chi connectivity index (χ2n) is 5.96. The first kappa shape index (κ1) is 14.5. The first-order chi connectivity index (χ1) is 10.6. The highest BCUT2D eigenvalue weighted by atomic mass is 16.2. The van der Waals surface area contributed by atoms with Crippen LogP contribution in [0.15, 0.2) is 48.6 Å². The Hall–Kier alpha value is -2.42. The maximum Gasteiger partial charge on any atom is 0.271 e. The van der Waals surface area contributed by atoms with E-state index in [4.69, 9.17) is 0 Å². The van der Waals surface area contributed by atoms with E-state index in [1.54, 1.807) is 10.8 Å². The second kappa shape index (κ2) is 5.76. The van der Waals surface area contributed by atoms with Gasteiger partial charge in [-0.15, -0.1) is 0 Å². The van der Waals surface area contributed by atoms with Crippen molar-refractivity contribution in [3.05, 3.63) is 71.1 Å². The molecule has 1 aromatic heterocycles. The van der Waals surface area contributed by atoms with Gasteiger partial charge in [0, 0.05) is 6.08 Å². The smallest absolute Gasteiger partial charge is 0.267 e. The van der Waals surface area contributed by atoms with Gasteiger partial charge in [0.1, 0.15) is 0 Å². The molecule has 1 aliphatic rings. The summed E-state index contributed by atoms with van der Waals surface area (Å²) in [5, 5.41) is 4.42. The number of carbonyl (C=O) groups excluding carboxylic acids is 1. The summed E-state index contributed by atoms with van der Waals surface area (Å²) in [6.45, 7) is 8.08. The van der Waals surface area contributed by atoms with Crippen molar-refractivity contribution in [2.75, 3.05) is 0 Å². The van der Waals surface area contributed by atoms with Crippen LogP contribution in [0.5, 0.6) is 0 Å². The van der Waals surface area contributed by atoms with Crippen LogP contribution in [0, 0.1) is 12.8 Å². The fourth-order valence-corrected chi connectivity index (χ4v) is 2.97. The number of fused-ring (bicyclic) bond motifs is 1. The van der Waals surface area contributed by atoms with Crippen LogP contribution < -0.4 is 0 Å². The van der Waals surface area contributed by atoms with Crippen LogP contribution >= 0.6 is 0 Å². The van der Waals surface area contributed by atoms with Crippen molar-refractivity contribution in [1.82, 2.24) is 9.78 Å². The minimum atomic E-state index is -0.0874. The van der Waals surface area contributed by atoms with Crippen LogP contribution in [-0.4, -0.2) is 15.7 Å². The van der Waals surface area contributed by atoms with Gasteiger partial charge in [-0.1, -0.05) is 42.5 Å². The fourth-order valence-electron chi connectivity index (χ4n) is 2.97. The van der Waals surface area contributed by atoms with Gasteiger partial charge in [-0.2, -0.15) is 5.10 Å². The zero-order chi connectivity index (χ0) is 15.7. The summed E-state index contributed by atoms with van der Waals surface area (Å²) in [6, 6.07) is 9.81. The molecule has 1 atom stereocenters. The van der Waals surface area contributed by atoms with E-state index in [9.17, 15) is 4.79 Å². The lowest BCUT2D eigenvalue weighted by atomic mass is 9.99. The van der Waals surface area contributed by atoms with E-state index in [1.807, 2.05) is 43.3 Å². The van der Waals surface area contributed by atoms with Crippen molar-refractivity contribution in [2.24, 2.45) is 5.92 Å². The molecule has 2 aromatic rings. The zero-order valence-corrected chi connectivity index (χ0v) is 13.0. The maximum atomic E-state index is 12.5. The molecule has 0 unspecified atom stereocenters. The van der Waals surface area contributed by atoms with Crippen LogP contribution in [-0.2, 0) is 12.8 Å². The van der Waals surface area contributed by atoms with Crippen molar-refractivity contribution >= 4 is 12.0 Å². The number of aromatic nitrogens is 2. The van der Waals surface area contributed by atoms with E-state index in [2.05, 4.69) is 18.6 Å². The Bertz CT molecular complexity index is 753. The monoisotopic (exact) mass is 292 g/mol. The summed E-state index contributed by atoms with van der Waals surface area (Å²) in [7, 11) is 0. The standard InChI is InChI=1S/C19H20N2O/c1-13(2)16-11-17-14(3)20-21(18(17)12-16)19(22)10-9-15-7-5-4-6-8-15/h4-10,16H,1,11-12H2,2-3H3/b10-9+/t16-/m0/s1. The van der Waals surface area contributed by atoms with Crippen LogP contribution in [0.4, 0.5) is 0 Å². The van der Waals surface area contributed by atoms with Crippen molar-refractivity contribution in [3.63, 3.8) is 0 Å². The molecule has 0 bridgehead atoms. The summed E-state index contributed by atoms with van der Waals surface area (Å²) in [6.07, 6.45) is 5.23. The van der Waals surface area contributed by atoms with Gasteiger partial charge in [0.2, 0.25) is 0 Å². The molecule has 0 amide bonds. The number of nitrogens with zero attached hydrogens (tertiary/aromatic N) is 2. The molecule has 1 heterocycles. The number of rotatable bonds is 3. The first-order valence-electron chi connectivity index (χ1n) is 7.56. The van der Waals surface area contributed by atoms with Crippen LogP contribution in [0.1, 0.15) is 34.2 Å². The molecule has 3 rings (SSSR count). The van der Waals surface area contributed by atoms with E-state index in [1.165, 1.54) is 11.1 Å². The van der Waals surface area contributed by atoms with Crippen LogP contribution in [0.25, 0.3) is 6.08 Å². The normalized spacial score (nSPS) is 16.9. The fraction of sp³-hybridized carbons (Fsp3) is 0.263. The molecule has 0 saturated carbocycles.